The summed E-state index contributed by atoms with van der Waals surface area (Å²) in [5.74, 6) is 3.13. The predicted molar refractivity (Wildman–Crippen MR) is 74.8 cm³/mol. The summed E-state index contributed by atoms with van der Waals surface area (Å²) in [7, 11) is 0. The molecule has 0 amide bonds. The van der Waals surface area contributed by atoms with Crippen molar-refractivity contribution < 1.29 is 4.92 Å². The van der Waals surface area contributed by atoms with Gasteiger partial charge in [-0.05, 0) is 39.8 Å². The lowest BCUT2D eigenvalue weighted by Crippen LogP contribution is -1.95. The van der Waals surface area contributed by atoms with Crippen LogP contribution in [0.2, 0.25) is 0 Å². The molecule has 0 saturated carbocycles. The molecule has 6 heteroatoms. The van der Waals surface area contributed by atoms with Gasteiger partial charge < -0.3 is 10.1 Å². The molecule has 0 radical (unpaired) electrons. The van der Waals surface area contributed by atoms with Crippen molar-refractivity contribution >= 4 is 33.6 Å². The predicted octanol–water partition coefficient (Wildman–Crippen LogP) is 2.94. The highest BCUT2D eigenvalue weighted by atomic mass is 127. The van der Waals surface area contributed by atoms with Crippen LogP contribution in [0.3, 0.4) is 0 Å². The Kier molecular flexibility index (Phi) is 2.30. The van der Waals surface area contributed by atoms with E-state index in [0.717, 1.165) is 0 Å². The third-order valence-electron chi connectivity index (χ3n) is 2.43. The molecule has 3 rings (SSSR count). The summed E-state index contributed by atoms with van der Waals surface area (Å²) in [5, 5.41) is 17.2. The molecule has 17 heavy (non-hydrogen) atoms. The van der Waals surface area contributed by atoms with Crippen molar-refractivity contribution in [2.75, 3.05) is 0 Å². The average molecular weight is 356 g/mol. The van der Waals surface area contributed by atoms with Gasteiger partial charge >= 0.3 is 5.82 Å². The molecular formula is C11H5IN2O2S. The number of hydrogen-bond donors (Lipinski definition) is 0. The number of fused-ring (bicyclic) bond motifs is 1. The lowest BCUT2D eigenvalue weighted by Gasteiger charge is -2.13. The van der Waals surface area contributed by atoms with Crippen LogP contribution in [-0.2, 0) is 0 Å². The smallest absolute Gasteiger partial charge is 0.358 e. The fourth-order valence-electron chi connectivity index (χ4n) is 1.52. The SMILES string of the molecule is O=[N+]([O-])c1ncccc1C#CS1(I)#CC2C=C21. The van der Waals surface area contributed by atoms with Gasteiger partial charge in [-0.2, -0.15) is 0 Å². The van der Waals surface area contributed by atoms with Crippen LogP contribution in [0.15, 0.2) is 29.3 Å². The Balaban J connectivity index is 2.02. The molecule has 0 saturated heterocycles. The Morgan fingerprint density at radius 2 is 2.47 bits per heavy atom. The summed E-state index contributed by atoms with van der Waals surface area (Å²) >= 11 is 2.29. The number of allylic oxidation sites excluding steroid dienone is 2. The molecule has 1 aromatic rings. The molecular weight excluding hydrogens is 351 g/mol. The maximum absolute atomic E-state index is 10.8. The van der Waals surface area contributed by atoms with Crippen molar-refractivity contribution in [3.05, 3.63) is 45.0 Å². The maximum atomic E-state index is 10.8. The van der Waals surface area contributed by atoms with Gasteiger partial charge in [-0.3, -0.25) is 0 Å². The molecule has 2 heterocycles. The van der Waals surface area contributed by atoms with E-state index in [9.17, 15) is 10.1 Å². The zero-order chi connectivity index (χ0) is 12.0. The van der Waals surface area contributed by atoms with Crippen LogP contribution in [0.1, 0.15) is 5.56 Å². The molecule has 1 aliphatic heterocycles. The molecule has 1 aromatic heterocycles. The summed E-state index contributed by atoms with van der Waals surface area (Å²) < 4.78 is 0. The van der Waals surface area contributed by atoms with Crippen molar-refractivity contribution in [2.45, 2.75) is 0 Å². The van der Waals surface area contributed by atoms with E-state index in [-0.39, 0.29) is 5.82 Å². The standard InChI is InChI=1S/C11H5IN2O2S/c12-17(7-9-6-10(9)17)5-3-8-2-1-4-13-11(8)14(15)16/h1-2,4,6,9H. The van der Waals surface area contributed by atoms with Crippen molar-refractivity contribution in [3.8, 4) is 16.4 Å². The number of hydrogen-bond acceptors (Lipinski definition) is 3. The van der Waals surface area contributed by atoms with Gasteiger partial charge in [-0.1, -0.05) is 11.3 Å². The number of pyridine rings is 1. The Bertz CT molecular complexity index is 757. The van der Waals surface area contributed by atoms with Gasteiger partial charge in [0.2, 0.25) is 0 Å². The first-order valence-electron chi connectivity index (χ1n) is 4.74. The summed E-state index contributed by atoms with van der Waals surface area (Å²) in [6, 6.07) is 3.27. The van der Waals surface area contributed by atoms with Crippen molar-refractivity contribution in [1.82, 2.24) is 4.98 Å². The van der Waals surface area contributed by atoms with Gasteiger partial charge in [0.25, 0.3) is 0 Å². The zero-order valence-corrected chi connectivity index (χ0v) is 11.4. The number of aromatic nitrogens is 1. The monoisotopic (exact) mass is 356 g/mol. The number of nitro groups is 1. The molecule has 0 aromatic carbocycles. The minimum absolute atomic E-state index is 0.181. The minimum atomic E-state index is -1.21. The van der Waals surface area contributed by atoms with Crippen molar-refractivity contribution in [1.29, 1.82) is 0 Å². The third kappa shape index (κ3) is 1.76. The fourth-order valence-corrected chi connectivity index (χ4v) is 5.58. The van der Waals surface area contributed by atoms with Gasteiger partial charge in [0.1, 0.15) is 11.8 Å². The van der Waals surface area contributed by atoms with Gasteiger partial charge in [-0.25, -0.2) is 0 Å². The minimum Gasteiger partial charge on any atom is -0.358 e. The van der Waals surface area contributed by atoms with Crippen molar-refractivity contribution in [3.63, 3.8) is 0 Å². The Morgan fingerprint density at radius 1 is 1.65 bits per heavy atom. The lowest BCUT2D eigenvalue weighted by atomic mass is 10.3. The van der Waals surface area contributed by atoms with Gasteiger partial charge in [0, 0.05) is 26.1 Å². The Morgan fingerprint density at radius 3 is 3.06 bits per heavy atom. The van der Waals surface area contributed by atoms with Crippen LogP contribution in [0, 0.1) is 32.4 Å². The van der Waals surface area contributed by atoms with E-state index >= 15 is 0 Å². The largest absolute Gasteiger partial charge is 0.379 e. The number of nitrogens with zero attached hydrogens (tertiary/aromatic N) is 2. The van der Waals surface area contributed by atoms with Crippen LogP contribution < -0.4 is 0 Å². The molecule has 4 nitrogen and oxygen atoms in total. The topological polar surface area (TPSA) is 56.0 Å². The first kappa shape index (κ1) is 10.8. The van der Waals surface area contributed by atoms with Gasteiger partial charge in [0.05, 0.1) is 5.92 Å². The van der Waals surface area contributed by atoms with E-state index in [0.29, 0.717) is 11.5 Å². The third-order valence-corrected chi connectivity index (χ3v) is 7.38. The molecule has 0 spiro atoms. The van der Waals surface area contributed by atoms with Gasteiger partial charge in [-0.15, -0.1) is 0 Å². The summed E-state index contributed by atoms with van der Waals surface area (Å²) in [6.45, 7) is -1.21. The number of halogens is 1. The second-order valence-corrected chi connectivity index (χ2v) is 9.51. The molecule has 2 atom stereocenters. The highest BCUT2D eigenvalue weighted by Gasteiger charge is 2.39. The van der Waals surface area contributed by atoms with Crippen LogP contribution >= 0.6 is 27.8 Å². The normalized spacial score (nSPS) is 27.1. The van der Waals surface area contributed by atoms with E-state index in [2.05, 4.69) is 48.6 Å². The van der Waals surface area contributed by atoms with E-state index < -0.39 is 11.5 Å². The Hall–Kier alpha value is -1.29. The maximum Gasteiger partial charge on any atom is 0.379 e. The summed E-state index contributed by atoms with van der Waals surface area (Å²) in [4.78, 5) is 15.3. The number of rotatable bonds is 1. The van der Waals surface area contributed by atoms with E-state index in [1.54, 1.807) is 12.1 Å². The molecule has 0 N–H and O–H groups in total. The molecule has 0 fully saturated rings. The second-order valence-electron chi connectivity index (χ2n) is 3.56. The second kappa shape index (κ2) is 3.60. The highest BCUT2D eigenvalue weighted by molar-refractivity contribution is 14.2. The molecule has 84 valence electrons. The van der Waals surface area contributed by atoms with Gasteiger partial charge in [0.15, 0.2) is 0 Å². The van der Waals surface area contributed by atoms with Crippen LogP contribution in [0.4, 0.5) is 5.82 Å². The van der Waals surface area contributed by atoms with Crippen LogP contribution in [-0.4, -0.2) is 9.91 Å². The lowest BCUT2D eigenvalue weighted by molar-refractivity contribution is -0.389. The van der Waals surface area contributed by atoms with Crippen LogP contribution in [0.5, 0.6) is 0 Å². The van der Waals surface area contributed by atoms with Crippen molar-refractivity contribution in [2.24, 2.45) is 5.92 Å². The zero-order valence-electron chi connectivity index (χ0n) is 8.38. The average Bonchev–Trinajstić information content (AvgIpc) is 3.00. The first-order chi connectivity index (χ1) is 8.10. The van der Waals surface area contributed by atoms with E-state index in [1.807, 2.05) is 0 Å². The van der Waals surface area contributed by atoms with E-state index in [4.69, 9.17) is 0 Å². The molecule has 0 bridgehead atoms. The highest BCUT2D eigenvalue weighted by Crippen LogP contribution is 2.67. The summed E-state index contributed by atoms with van der Waals surface area (Å²) in [5.41, 5.74) is 0.368. The fraction of sp³-hybridized carbons (Fsp3) is 0.0909. The quantitative estimate of drug-likeness (QED) is 0.337. The molecule has 2 aliphatic rings. The van der Waals surface area contributed by atoms with Crippen LogP contribution in [0.25, 0.3) is 0 Å². The molecule has 1 aliphatic carbocycles. The Labute approximate surface area is 110 Å². The summed E-state index contributed by atoms with van der Waals surface area (Å²) in [6.07, 6.45) is 3.53. The van der Waals surface area contributed by atoms with E-state index in [1.165, 1.54) is 11.1 Å². The molecule has 2 unspecified atom stereocenters. The first-order valence-corrected chi connectivity index (χ1v) is 8.92.